The van der Waals surface area contributed by atoms with E-state index in [0.29, 0.717) is 56.7 Å². The number of piperidine rings is 1. The molecule has 1 aromatic carbocycles. The summed E-state index contributed by atoms with van der Waals surface area (Å²) in [6.07, 6.45) is 2.61. The lowest BCUT2D eigenvalue weighted by Gasteiger charge is -2.37. The van der Waals surface area contributed by atoms with E-state index >= 15 is 4.39 Å². The highest BCUT2D eigenvalue weighted by Crippen LogP contribution is 2.30. The molecule has 262 valence electrons. The molecule has 0 spiro atoms. The number of hydrogen-bond donors (Lipinski definition) is 3. The first-order chi connectivity index (χ1) is 22.0. The predicted molar refractivity (Wildman–Crippen MR) is 177 cm³/mol. The lowest BCUT2D eigenvalue weighted by Crippen LogP contribution is -2.55. The van der Waals surface area contributed by atoms with E-state index < -0.39 is 47.3 Å². The Bertz CT molecular complexity index is 1290. The van der Waals surface area contributed by atoms with Crippen molar-refractivity contribution >= 4 is 29.8 Å². The van der Waals surface area contributed by atoms with Crippen molar-refractivity contribution < 1.29 is 33.0 Å². The molecule has 0 radical (unpaired) electrons. The zero-order valence-corrected chi connectivity index (χ0v) is 28.8. The lowest BCUT2D eigenvalue weighted by atomic mass is 9.84. The summed E-state index contributed by atoms with van der Waals surface area (Å²) in [5.74, 6) is -1.67. The number of alkyl carbamates (subject to hydrolysis) is 1. The summed E-state index contributed by atoms with van der Waals surface area (Å²) in [4.78, 5) is 53.9. The van der Waals surface area contributed by atoms with Gasteiger partial charge in [0.15, 0.2) is 0 Å². The standard InChI is InChI=1S/C34H52FN6O6/c1-20(2)29(36)39-32(44)40-16-12-23(13-17-40)21(3)14-18-46-24-10-11-25(26(35)19-24)22(4)28(38-33(45)47-34(5,6)7)31(43)41-15-8-9-27(41)30(37)42/h10-11,19-23,27-28H,8-9,12-18H2,1-7H3,(H4-,36,37,38,39,42,44,45)/q-1/t21-,22+,27+,28+/m1/s1. The van der Waals surface area contributed by atoms with E-state index in [9.17, 15) is 24.6 Å². The number of amides is 5. The van der Waals surface area contributed by atoms with Crippen LogP contribution in [0.2, 0.25) is 0 Å². The SMILES string of the molecule is CC(C)C(=[N-])NC(=O)N1CCC([C@H](C)CCOc2ccc([C@H](C)[C@H](NC(=O)OC(C)(C)C)C(=O)N3CCC[C@H]3C(N)=O)c(F)c2)CC1. The fourth-order valence-electron chi connectivity index (χ4n) is 6.09. The molecule has 2 aliphatic rings. The highest BCUT2D eigenvalue weighted by molar-refractivity contribution is 6.00. The van der Waals surface area contributed by atoms with Crippen LogP contribution in [0.1, 0.15) is 92.1 Å². The van der Waals surface area contributed by atoms with Gasteiger partial charge in [0, 0.05) is 31.6 Å². The number of carbonyl (C=O) groups excluding carboxylic acids is 4. The number of primary amides is 1. The number of halogens is 1. The van der Waals surface area contributed by atoms with Crippen LogP contribution in [0, 0.1) is 23.6 Å². The van der Waals surface area contributed by atoms with Crippen molar-refractivity contribution in [3.05, 3.63) is 35.0 Å². The number of nitrogens with one attached hydrogen (secondary N) is 2. The molecular weight excluding hydrogens is 607 g/mol. The van der Waals surface area contributed by atoms with Crippen LogP contribution < -0.4 is 21.1 Å². The first-order valence-electron chi connectivity index (χ1n) is 16.6. The van der Waals surface area contributed by atoms with Crippen molar-refractivity contribution in [2.45, 2.75) is 104 Å². The Hall–Kier alpha value is -3.90. The molecule has 4 atom stereocenters. The van der Waals surface area contributed by atoms with Crippen molar-refractivity contribution in [3.8, 4) is 5.75 Å². The van der Waals surface area contributed by atoms with Gasteiger partial charge in [-0.3, -0.25) is 14.4 Å². The number of amidine groups is 1. The summed E-state index contributed by atoms with van der Waals surface area (Å²) in [5, 5.41) is 15.0. The van der Waals surface area contributed by atoms with Gasteiger partial charge in [0.2, 0.25) is 17.8 Å². The summed E-state index contributed by atoms with van der Waals surface area (Å²) >= 11 is 0. The van der Waals surface area contributed by atoms with Crippen molar-refractivity contribution in [1.29, 1.82) is 0 Å². The third kappa shape index (κ3) is 10.6. The normalized spacial score (nSPS) is 19.1. The Kier molecular flexibility index (Phi) is 13.0. The van der Waals surface area contributed by atoms with Crippen LogP contribution in [0.3, 0.4) is 0 Å². The van der Waals surface area contributed by atoms with Crippen molar-refractivity contribution in [3.63, 3.8) is 0 Å². The monoisotopic (exact) mass is 659 g/mol. The van der Waals surface area contributed by atoms with Crippen LogP contribution in [0.4, 0.5) is 14.0 Å². The highest BCUT2D eigenvalue weighted by atomic mass is 19.1. The van der Waals surface area contributed by atoms with E-state index in [2.05, 4.69) is 17.6 Å². The van der Waals surface area contributed by atoms with E-state index in [1.54, 1.807) is 58.6 Å². The minimum Gasteiger partial charge on any atom is -0.493 e. The summed E-state index contributed by atoms with van der Waals surface area (Å²) < 4.78 is 26.8. The molecule has 0 unspecified atom stereocenters. The Labute approximate surface area is 277 Å². The molecule has 3 rings (SSSR count). The zero-order chi connectivity index (χ0) is 35.1. The molecule has 2 aliphatic heterocycles. The van der Waals surface area contributed by atoms with Gasteiger partial charge in [0.25, 0.3) is 0 Å². The summed E-state index contributed by atoms with van der Waals surface area (Å²) in [7, 11) is 0. The maximum Gasteiger partial charge on any atom is 0.408 e. The molecule has 5 amide bonds. The fourth-order valence-corrected chi connectivity index (χ4v) is 6.09. The second kappa shape index (κ2) is 16.3. The molecule has 47 heavy (non-hydrogen) atoms. The van der Waals surface area contributed by atoms with Crippen LogP contribution in [0.25, 0.3) is 5.41 Å². The molecular formula is C34H52FN6O6-. The Morgan fingerprint density at radius 2 is 1.72 bits per heavy atom. The van der Waals surface area contributed by atoms with Gasteiger partial charge in [0.1, 0.15) is 29.3 Å². The van der Waals surface area contributed by atoms with Crippen LogP contribution in [-0.2, 0) is 14.3 Å². The molecule has 0 bridgehead atoms. The smallest absolute Gasteiger partial charge is 0.408 e. The van der Waals surface area contributed by atoms with E-state index in [0.717, 1.165) is 19.3 Å². The third-order valence-corrected chi connectivity index (χ3v) is 9.02. The number of ether oxygens (including phenoxy) is 2. The molecule has 12 nitrogen and oxygen atoms in total. The van der Waals surface area contributed by atoms with Gasteiger partial charge in [-0.25, -0.2) is 9.18 Å². The summed E-state index contributed by atoms with van der Waals surface area (Å²) in [5.41, 5.74) is 4.91. The predicted octanol–water partition coefficient (Wildman–Crippen LogP) is 4.75. The third-order valence-electron chi connectivity index (χ3n) is 9.02. The maximum absolute atomic E-state index is 15.5. The van der Waals surface area contributed by atoms with Crippen molar-refractivity contribution in [1.82, 2.24) is 20.4 Å². The van der Waals surface area contributed by atoms with E-state index in [1.807, 2.05) is 0 Å². The molecule has 0 aromatic heterocycles. The topological polar surface area (TPSA) is 166 Å². The van der Waals surface area contributed by atoms with Crippen LogP contribution in [0.5, 0.6) is 5.75 Å². The number of carbonyl (C=O) groups is 4. The van der Waals surface area contributed by atoms with Crippen LogP contribution >= 0.6 is 0 Å². The molecule has 1 aromatic rings. The largest absolute Gasteiger partial charge is 0.493 e. The van der Waals surface area contributed by atoms with E-state index in [-0.39, 0.29) is 23.3 Å². The number of hydrogen-bond acceptors (Lipinski definition) is 6. The van der Waals surface area contributed by atoms with Gasteiger partial charge < -0.3 is 41.1 Å². The molecule has 2 fully saturated rings. The molecule has 2 heterocycles. The number of urea groups is 1. The minimum atomic E-state index is -1.21. The van der Waals surface area contributed by atoms with Crippen molar-refractivity contribution in [2.24, 2.45) is 23.5 Å². The first kappa shape index (κ1) is 37.6. The average Bonchev–Trinajstić information content (AvgIpc) is 3.49. The van der Waals surface area contributed by atoms with Gasteiger partial charge >= 0.3 is 6.09 Å². The number of benzene rings is 1. The van der Waals surface area contributed by atoms with Gasteiger partial charge in [-0.15, -0.1) is 0 Å². The fraction of sp³-hybridized carbons (Fsp3) is 0.676. The lowest BCUT2D eigenvalue weighted by molar-refractivity contribution is -0.139. The Morgan fingerprint density at radius 1 is 1.06 bits per heavy atom. The molecule has 4 N–H and O–H groups in total. The van der Waals surface area contributed by atoms with Gasteiger partial charge in [0.05, 0.1) is 6.61 Å². The highest BCUT2D eigenvalue weighted by Gasteiger charge is 2.40. The number of likely N-dealkylation sites (tertiary alicyclic amines) is 2. The Balaban J connectivity index is 1.60. The number of nitrogens with two attached hydrogens (primary N) is 1. The van der Waals surface area contributed by atoms with E-state index in [4.69, 9.17) is 15.2 Å². The van der Waals surface area contributed by atoms with Gasteiger partial charge in [-0.05, 0) is 82.3 Å². The summed E-state index contributed by atoms with van der Waals surface area (Å²) in [6.45, 7) is 14.3. The quantitative estimate of drug-likeness (QED) is 0.229. The second-order valence-electron chi connectivity index (χ2n) is 14.1. The van der Waals surface area contributed by atoms with Crippen molar-refractivity contribution in [2.75, 3.05) is 26.2 Å². The van der Waals surface area contributed by atoms with Crippen LogP contribution in [0.15, 0.2) is 18.2 Å². The maximum atomic E-state index is 15.5. The average molecular weight is 660 g/mol. The minimum absolute atomic E-state index is 0.0345. The molecule has 2 saturated heterocycles. The number of rotatable bonds is 11. The van der Waals surface area contributed by atoms with Gasteiger partial charge in [-0.1, -0.05) is 39.6 Å². The van der Waals surface area contributed by atoms with Crippen LogP contribution in [-0.4, -0.2) is 83.5 Å². The molecule has 0 aliphatic carbocycles. The molecule has 0 saturated carbocycles. The second-order valence-corrected chi connectivity index (χ2v) is 14.1. The number of nitrogens with zero attached hydrogens (tertiary/aromatic N) is 3. The molecule has 13 heteroatoms. The van der Waals surface area contributed by atoms with E-state index in [1.165, 1.54) is 11.0 Å². The zero-order valence-electron chi connectivity index (χ0n) is 28.8. The van der Waals surface area contributed by atoms with Gasteiger partial charge in [-0.2, -0.15) is 0 Å². The summed E-state index contributed by atoms with van der Waals surface area (Å²) in [6, 6.07) is 2.17. The first-order valence-corrected chi connectivity index (χ1v) is 16.6. The Morgan fingerprint density at radius 3 is 2.30 bits per heavy atom.